The number of benzene rings is 1. The number of hydrogen-bond acceptors (Lipinski definition) is 5. The molecule has 1 N–H and O–H groups in total. The second-order valence-corrected chi connectivity index (χ2v) is 3.89. The minimum absolute atomic E-state index is 0.0227. The van der Waals surface area contributed by atoms with Gasteiger partial charge in [-0.25, -0.2) is 12.1 Å². The summed E-state index contributed by atoms with van der Waals surface area (Å²) in [6, 6.07) is 7.18. The molecule has 4 nitrogen and oxygen atoms in total. The molecule has 0 saturated heterocycles. The van der Waals surface area contributed by atoms with E-state index >= 15 is 0 Å². The zero-order chi connectivity index (χ0) is 13.5. The SMILES string of the molecule is Clc1nc(Cl)nc(Nc2ccccc2Cl)n1.[Si]S. The first kappa shape index (κ1) is 15.5. The highest BCUT2D eigenvalue weighted by atomic mass is 35.5. The Labute approximate surface area is 128 Å². The molecule has 1 aromatic carbocycles. The van der Waals surface area contributed by atoms with Crippen LogP contribution in [0.1, 0.15) is 0 Å². The van der Waals surface area contributed by atoms with Gasteiger partial charge in [0.1, 0.15) is 9.39 Å². The highest BCUT2D eigenvalue weighted by Crippen LogP contribution is 2.23. The third-order valence-electron chi connectivity index (χ3n) is 1.70. The van der Waals surface area contributed by atoms with E-state index in [1.165, 1.54) is 0 Å². The van der Waals surface area contributed by atoms with Crippen molar-refractivity contribution < 1.29 is 0 Å². The van der Waals surface area contributed by atoms with Crippen LogP contribution >= 0.6 is 46.9 Å². The first-order valence-electron chi connectivity index (χ1n) is 4.46. The Morgan fingerprint density at radius 3 is 2.06 bits per heavy atom. The summed E-state index contributed by atoms with van der Waals surface area (Å²) in [5.74, 6) is 0.248. The maximum absolute atomic E-state index is 5.95. The summed E-state index contributed by atoms with van der Waals surface area (Å²) in [5.41, 5.74) is 0.669. The van der Waals surface area contributed by atoms with Crippen LogP contribution in [0.4, 0.5) is 11.6 Å². The molecule has 2 rings (SSSR count). The number of hydrogen-bond donors (Lipinski definition) is 2. The number of halogens is 3. The van der Waals surface area contributed by atoms with Crippen molar-refractivity contribution in [1.29, 1.82) is 0 Å². The van der Waals surface area contributed by atoms with Crippen molar-refractivity contribution in [2.45, 2.75) is 0 Å². The van der Waals surface area contributed by atoms with Crippen LogP contribution in [-0.2, 0) is 0 Å². The van der Waals surface area contributed by atoms with Gasteiger partial charge in [-0.1, -0.05) is 23.7 Å². The molecule has 9 heteroatoms. The highest BCUT2D eigenvalue weighted by molar-refractivity contribution is 8.03. The zero-order valence-corrected chi connectivity index (χ0v) is 12.9. The van der Waals surface area contributed by atoms with E-state index in [0.717, 1.165) is 0 Å². The molecule has 2 aromatic rings. The van der Waals surface area contributed by atoms with E-state index in [9.17, 15) is 0 Å². The first-order chi connectivity index (χ1) is 8.65. The summed E-state index contributed by atoms with van der Waals surface area (Å²) in [7, 11) is 2.67. The van der Waals surface area contributed by atoms with Crippen LogP contribution in [0.2, 0.25) is 15.6 Å². The molecule has 0 spiro atoms. The van der Waals surface area contributed by atoms with Crippen LogP contribution in [0, 0.1) is 0 Å². The molecule has 0 saturated carbocycles. The van der Waals surface area contributed by atoms with Crippen LogP contribution in [-0.4, -0.2) is 24.3 Å². The average molecular weight is 337 g/mol. The Morgan fingerprint density at radius 1 is 0.944 bits per heavy atom. The van der Waals surface area contributed by atoms with E-state index < -0.39 is 0 Å². The van der Waals surface area contributed by atoms with Gasteiger partial charge in [0.15, 0.2) is 0 Å². The van der Waals surface area contributed by atoms with E-state index in [1.807, 2.05) is 12.1 Å². The smallest absolute Gasteiger partial charge is 0.232 e. The molecular formula is C9H6Cl3N4SSi. The third-order valence-corrected chi connectivity index (χ3v) is 2.37. The lowest BCUT2D eigenvalue weighted by atomic mass is 10.3. The van der Waals surface area contributed by atoms with E-state index in [4.69, 9.17) is 34.8 Å². The number of thiol groups is 1. The fourth-order valence-electron chi connectivity index (χ4n) is 1.06. The van der Waals surface area contributed by atoms with E-state index in [-0.39, 0.29) is 16.5 Å². The minimum atomic E-state index is 0.0227. The average Bonchev–Trinajstić information content (AvgIpc) is 2.33. The summed E-state index contributed by atoms with van der Waals surface area (Å²) in [6.45, 7) is 0. The molecule has 0 amide bonds. The standard InChI is InChI=1S/C9H5Cl3N4.HSSi/c10-5-3-1-2-4-6(5)13-9-15-7(11)14-8(12)16-9;1-2/h1-4H,(H,13,14,15,16);1H. The molecule has 0 bridgehead atoms. The molecular weight excluding hydrogens is 331 g/mol. The number of nitrogens with one attached hydrogen (secondary N) is 1. The maximum Gasteiger partial charge on any atom is 0.232 e. The maximum atomic E-state index is 5.95. The van der Waals surface area contributed by atoms with Crippen LogP contribution in [0.15, 0.2) is 24.3 Å². The fourth-order valence-corrected chi connectivity index (χ4v) is 1.61. The van der Waals surface area contributed by atoms with Crippen LogP contribution in [0.5, 0.6) is 0 Å². The molecule has 0 fully saturated rings. The quantitative estimate of drug-likeness (QED) is 0.650. The summed E-state index contributed by atoms with van der Waals surface area (Å²) in [6.07, 6.45) is 0. The predicted octanol–water partition coefficient (Wildman–Crippen LogP) is 3.58. The van der Waals surface area contributed by atoms with Crippen molar-refractivity contribution >= 4 is 67.9 Å². The van der Waals surface area contributed by atoms with Gasteiger partial charge in [-0.15, -0.1) is 0 Å². The van der Waals surface area contributed by atoms with Gasteiger partial charge < -0.3 is 5.32 Å². The fraction of sp³-hybridized carbons (Fsp3) is 0. The Bertz CT molecular complexity index is 509. The molecule has 1 aromatic heterocycles. The number of para-hydroxylation sites is 1. The van der Waals surface area contributed by atoms with Crippen molar-refractivity contribution in [1.82, 2.24) is 15.0 Å². The Balaban J connectivity index is 0.000000771. The predicted molar refractivity (Wildman–Crippen MR) is 79.3 cm³/mol. The number of anilines is 2. The van der Waals surface area contributed by atoms with Gasteiger partial charge in [0.25, 0.3) is 0 Å². The second-order valence-electron chi connectivity index (χ2n) is 2.80. The normalized spacial score (nSPS) is 9.39. The van der Waals surface area contributed by atoms with Crippen molar-refractivity contribution in [3.05, 3.63) is 39.9 Å². The van der Waals surface area contributed by atoms with E-state index in [2.05, 4.69) is 41.7 Å². The van der Waals surface area contributed by atoms with Crippen LogP contribution < -0.4 is 5.32 Å². The Morgan fingerprint density at radius 2 is 1.50 bits per heavy atom. The summed E-state index contributed by atoms with van der Waals surface area (Å²) in [4.78, 5) is 11.4. The van der Waals surface area contributed by atoms with Gasteiger partial charge in [-0.2, -0.15) is 15.0 Å². The molecule has 1 heterocycles. The topological polar surface area (TPSA) is 50.7 Å². The second kappa shape index (κ2) is 7.80. The molecule has 0 unspecified atom stereocenters. The Kier molecular flexibility index (Phi) is 6.73. The number of rotatable bonds is 2. The van der Waals surface area contributed by atoms with Gasteiger partial charge in [0, 0.05) is 0 Å². The van der Waals surface area contributed by atoms with Gasteiger partial charge in [-0.05, 0) is 35.3 Å². The molecule has 93 valence electrons. The summed E-state index contributed by atoms with van der Waals surface area (Å²) < 4.78 is 0. The molecule has 0 aliphatic heterocycles. The number of nitrogens with zero attached hydrogens (tertiary/aromatic N) is 3. The summed E-state index contributed by atoms with van der Waals surface area (Å²) in [5, 5.41) is 3.49. The van der Waals surface area contributed by atoms with Crippen molar-refractivity contribution in [3.63, 3.8) is 0 Å². The van der Waals surface area contributed by atoms with Crippen LogP contribution in [0.25, 0.3) is 0 Å². The number of aromatic nitrogens is 3. The molecule has 0 atom stereocenters. The van der Waals surface area contributed by atoms with Gasteiger partial charge in [0.05, 0.1) is 10.7 Å². The first-order valence-corrected chi connectivity index (χ1v) is 7.38. The largest absolute Gasteiger partial charge is 0.323 e. The van der Waals surface area contributed by atoms with Crippen molar-refractivity contribution in [2.75, 3.05) is 5.32 Å². The molecule has 3 radical (unpaired) electrons. The monoisotopic (exact) mass is 335 g/mol. The summed E-state index contributed by atoms with van der Waals surface area (Å²) >= 11 is 20.6. The zero-order valence-electron chi connectivity index (χ0n) is 8.73. The lowest BCUT2D eigenvalue weighted by Crippen LogP contribution is -1.99. The Hall–Kier alpha value is -0.533. The van der Waals surface area contributed by atoms with Gasteiger partial charge in [-0.3, -0.25) is 0 Å². The van der Waals surface area contributed by atoms with E-state index in [1.54, 1.807) is 12.1 Å². The molecule has 0 aliphatic carbocycles. The van der Waals surface area contributed by atoms with E-state index in [0.29, 0.717) is 10.7 Å². The van der Waals surface area contributed by atoms with Gasteiger partial charge in [0.2, 0.25) is 16.5 Å². The third kappa shape index (κ3) is 4.62. The molecule has 18 heavy (non-hydrogen) atoms. The molecule has 0 aliphatic rings. The van der Waals surface area contributed by atoms with Crippen molar-refractivity contribution in [2.24, 2.45) is 0 Å². The minimum Gasteiger partial charge on any atom is -0.323 e. The van der Waals surface area contributed by atoms with Crippen molar-refractivity contribution in [3.8, 4) is 0 Å². The highest BCUT2D eigenvalue weighted by Gasteiger charge is 2.05. The van der Waals surface area contributed by atoms with Crippen LogP contribution in [0.3, 0.4) is 0 Å². The van der Waals surface area contributed by atoms with Gasteiger partial charge >= 0.3 is 0 Å². The lowest BCUT2D eigenvalue weighted by Gasteiger charge is -2.06. The lowest BCUT2D eigenvalue weighted by molar-refractivity contribution is 1.05.